The van der Waals surface area contributed by atoms with Crippen LogP contribution < -0.4 is 10.1 Å². The van der Waals surface area contributed by atoms with Crippen molar-refractivity contribution >= 4 is 17.5 Å². The Morgan fingerprint density at radius 1 is 1.25 bits per heavy atom. The lowest BCUT2D eigenvalue weighted by atomic mass is 10.1. The predicted molar refractivity (Wildman–Crippen MR) is 83.6 cm³/mol. The molecule has 0 bridgehead atoms. The van der Waals surface area contributed by atoms with E-state index in [2.05, 4.69) is 5.32 Å². The number of carbonyl (C=O) groups excluding carboxylic acids is 1. The van der Waals surface area contributed by atoms with E-state index in [4.69, 9.17) is 16.3 Å². The molecule has 0 heterocycles. The van der Waals surface area contributed by atoms with Crippen LogP contribution in [0.1, 0.15) is 44.7 Å². The van der Waals surface area contributed by atoms with Crippen molar-refractivity contribution in [1.82, 2.24) is 5.32 Å². The van der Waals surface area contributed by atoms with E-state index in [1.54, 1.807) is 0 Å². The summed E-state index contributed by atoms with van der Waals surface area (Å²) in [7, 11) is 0. The Bertz CT molecular complexity index is 455. The topological polar surface area (TPSA) is 38.3 Å². The zero-order valence-corrected chi connectivity index (χ0v) is 13.7. The van der Waals surface area contributed by atoms with Gasteiger partial charge >= 0.3 is 0 Å². The molecule has 0 saturated heterocycles. The fraction of sp³-hybridized carbons (Fsp3) is 0.562. The molecule has 4 heteroatoms. The van der Waals surface area contributed by atoms with Crippen LogP contribution in [-0.4, -0.2) is 18.1 Å². The van der Waals surface area contributed by atoms with E-state index < -0.39 is 0 Å². The molecule has 0 aromatic heterocycles. The molecule has 112 valence electrons. The van der Waals surface area contributed by atoms with Crippen LogP contribution in [0.5, 0.6) is 5.75 Å². The Morgan fingerprint density at radius 3 is 2.30 bits per heavy atom. The molecule has 0 radical (unpaired) electrons. The van der Waals surface area contributed by atoms with E-state index in [0.717, 1.165) is 21.9 Å². The molecule has 0 fully saturated rings. The number of carbonyl (C=O) groups is 1. The molecule has 3 nitrogen and oxygen atoms in total. The van der Waals surface area contributed by atoms with Gasteiger partial charge in [0.25, 0.3) is 0 Å². The first kappa shape index (κ1) is 16.8. The zero-order chi connectivity index (χ0) is 15.3. The third-order valence-electron chi connectivity index (χ3n) is 2.74. The minimum atomic E-state index is -0.178. The van der Waals surface area contributed by atoms with Gasteiger partial charge in [-0.2, -0.15) is 0 Å². The molecule has 0 aliphatic rings. The number of ether oxygens (including phenoxy) is 1. The van der Waals surface area contributed by atoms with Crippen LogP contribution >= 0.6 is 11.6 Å². The molecule has 0 aliphatic carbocycles. The van der Waals surface area contributed by atoms with Crippen molar-refractivity contribution in [1.29, 1.82) is 0 Å². The van der Waals surface area contributed by atoms with Gasteiger partial charge in [0.2, 0.25) is 5.91 Å². The summed E-state index contributed by atoms with van der Waals surface area (Å²) < 4.78 is 5.66. The monoisotopic (exact) mass is 297 g/mol. The van der Waals surface area contributed by atoms with Crippen LogP contribution in [0.25, 0.3) is 0 Å². The maximum absolute atomic E-state index is 11.6. The summed E-state index contributed by atoms with van der Waals surface area (Å²) >= 11 is 6.11. The number of halogens is 1. The van der Waals surface area contributed by atoms with Gasteiger partial charge in [0.05, 0.1) is 6.61 Å². The highest BCUT2D eigenvalue weighted by atomic mass is 35.5. The van der Waals surface area contributed by atoms with Gasteiger partial charge < -0.3 is 10.1 Å². The molecular weight excluding hydrogens is 274 g/mol. The van der Waals surface area contributed by atoms with Crippen LogP contribution in [0, 0.1) is 13.8 Å². The Labute approximate surface area is 126 Å². The Kier molecular flexibility index (Phi) is 5.88. The van der Waals surface area contributed by atoms with E-state index in [1.807, 2.05) is 46.8 Å². The minimum absolute atomic E-state index is 0.0598. The summed E-state index contributed by atoms with van der Waals surface area (Å²) in [6.07, 6.45) is 1.17. The lowest BCUT2D eigenvalue weighted by Crippen LogP contribution is -2.40. The molecule has 0 unspecified atom stereocenters. The van der Waals surface area contributed by atoms with Gasteiger partial charge in [0, 0.05) is 17.0 Å². The fourth-order valence-electron chi connectivity index (χ4n) is 1.89. The van der Waals surface area contributed by atoms with Crippen molar-refractivity contribution in [2.75, 3.05) is 6.61 Å². The molecule has 1 aromatic carbocycles. The molecule has 1 N–H and O–H groups in total. The van der Waals surface area contributed by atoms with Crippen LogP contribution in [0.2, 0.25) is 5.02 Å². The molecule has 20 heavy (non-hydrogen) atoms. The highest BCUT2D eigenvalue weighted by Gasteiger charge is 2.13. The predicted octanol–water partition coefficient (Wildman–Crippen LogP) is 4.03. The first-order valence-electron chi connectivity index (χ1n) is 6.89. The van der Waals surface area contributed by atoms with Crippen LogP contribution in [0.4, 0.5) is 0 Å². The first-order valence-corrected chi connectivity index (χ1v) is 7.27. The van der Waals surface area contributed by atoms with Crippen molar-refractivity contribution in [2.45, 2.75) is 53.0 Å². The second kappa shape index (κ2) is 6.98. The number of aryl methyl sites for hydroxylation is 2. The smallest absolute Gasteiger partial charge is 0.220 e. The number of rotatable bonds is 5. The number of hydrogen-bond acceptors (Lipinski definition) is 2. The SMILES string of the molecule is Cc1cc(OCCCC(=O)NC(C)(C)C)cc(C)c1Cl. The Hall–Kier alpha value is -1.22. The van der Waals surface area contributed by atoms with E-state index >= 15 is 0 Å². The summed E-state index contributed by atoms with van der Waals surface area (Å²) in [5.74, 6) is 0.866. The molecule has 1 rings (SSSR count). The van der Waals surface area contributed by atoms with E-state index in [9.17, 15) is 4.79 Å². The first-order chi connectivity index (χ1) is 9.19. The second-order valence-corrected chi connectivity index (χ2v) is 6.50. The molecule has 1 amide bonds. The van der Waals surface area contributed by atoms with Gasteiger partial charge in [-0.05, 0) is 64.3 Å². The van der Waals surface area contributed by atoms with Crippen molar-refractivity contribution in [3.8, 4) is 5.75 Å². The molecular formula is C16H24ClNO2. The summed E-state index contributed by atoms with van der Waals surface area (Å²) in [5.41, 5.74) is 1.83. The van der Waals surface area contributed by atoms with Crippen LogP contribution in [0.3, 0.4) is 0 Å². The summed E-state index contributed by atoms with van der Waals surface area (Å²) in [6.45, 7) is 10.4. The molecule has 0 spiro atoms. The van der Waals surface area contributed by atoms with Crippen molar-refractivity contribution < 1.29 is 9.53 Å². The van der Waals surface area contributed by atoms with Gasteiger partial charge in [0.15, 0.2) is 0 Å². The molecule has 0 atom stereocenters. The van der Waals surface area contributed by atoms with Gasteiger partial charge in [-0.15, -0.1) is 0 Å². The normalized spacial score (nSPS) is 11.3. The minimum Gasteiger partial charge on any atom is -0.494 e. The van der Waals surface area contributed by atoms with Crippen molar-refractivity contribution in [3.05, 3.63) is 28.3 Å². The molecule has 0 aliphatic heterocycles. The highest BCUT2D eigenvalue weighted by molar-refractivity contribution is 6.32. The largest absolute Gasteiger partial charge is 0.494 e. The quantitative estimate of drug-likeness (QED) is 0.833. The highest BCUT2D eigenvalue weighted by Crippen LogP contribution is 2.25. The number of nitrogens with one attached hydrogen (secondary N) is 1. The van der Waals surface area contributed by atoms with E-state index in [0.29, 0.717) is 19.4 Å². The second-order valence-electron chi connectivity index (χ2n) is 6.12. The fourth-order valence-corrected chi connectivity index (χ4v) is 2.00. The van der Waals surface area contributed by atoms with Crippen molar-refractivity contribution in [2.24, 2.45) is 0 Å². The lowest BCUT2D eigenvalue weighted by Gasteiger charge is -2.20. The number of hydrogen-bond donors (Lipinski definition) is 1. The van der Waals surface area contributed by atoms with Crippen molar-refractivity contribution in [3.63, 3.8) is 0 Å². The molecule has 1 aromatic rings. The van der Waals surface area contributed by atoms with Gasteiger partial charge in [-0.25, -0.2) is 0 Å². The third-order valence-corrected chi connectivity index (χ3v) is 3.34. The lowest BCUT2D eigenvalue weighted by molar-refractivity contribution is -0.122. The standard InChI is InChI=1S/C16H24ClNO2/c1-11-9-13(10-12(2)15(11)17)20-8-6-7-14(19)18-16(3,4)5/h9-10H,6-8H2,1-5H3,(H,18,19). The van der Waals surface area contributed by atoms with Crippen LogP contribution in [0.15, 0.2) is 12.1 Å². The summed E-state index contributed by atoms with van der Waals surface area (Å²) in [5, 5.41) is 3.71. The Balaban J connectivity index is 2.37. The number of amides is 1. The van der Waals surface area contributed by atoms with Crippen LogP contribution in [-0.2, 0) is 4.79 Å². The maximum Gasteiger partial charge on any atom is 0.220 e. The number of benzene rings is 1. The Morgan fingerprint density at radius 2 is 1.80 bits per heavy atom. The van der Waals surface area contributed by atoms with Gasteiger partial charge in [0.1, 0.15) is 5.75 Å². The van der Waals surface area contributed by atoms with Gasteiger partial charge in [-0.1, -0.05) is 11.6 Å². The van der Waals surface area contributed by atoms with E-state index in [-0.39, 0.29) is 11.4 Å². The molecule has 0 saturated carbocycles. The average molecular weight is 298 g/mol. The van der Waals surface area contributed by atoms with Gasteiger partial charge in [-0.3, -0.25) is 4.79 Å². The average Bonchev–Trinajstić information content (AvgIpc) is 2.29. The summed E-state index contributed by atoms with van der Waals surface area (Å²) in [4.78, 5) is 11.6. The zero-order valence-electron chi connectivity index (χ0n) is 13.0. The van der Waals surface area contributed by atoms with E-state index in [1.165, 1.54) is 0 Å². The maximum atomic E-state index is 11.6. The third kappa shape index (κ3) is 5.83. The summed E-state index contributed by atoms with van der Waals surface area (Å²) in [6, 6.07) is 3.84.